The van der Waals surface area contributed by atoms with Crippen molar-refractivity contribution in [3.05, 3.63) is 40.7 Å². The Morgan fingerprint density at radius 2 is 2.35 bits per heavy atom. The van der Waals surface area contributed by atoms with E-state index in [4.69, 9.17) is 11.1 Å². The van der Waals surface area contributed by atoms with E-state index < -0.39 is 0 Å². The van der Waals surface area contributed by atoms with Crippen molar-refractivity contribution in [1.82, 2.24) is 10.2 Å². The second kappa shape index (κ2) is 5.24. The molecule has 17 heavy (non-hydrogen) atoms. The Morgan fingerprint density at radius 3 is 3.00 bits per heavy atom. The summed E-state index contributed by atoms with van der Waals surface area (Å²) < 4.78 is 13.9. The van der Waals surface area contributed by atoms with Crippen molar-refractivity contribution < 1.29 is 4.39 Å². The molecule has 0 spiro atoms. The summed E-state index contributed by atoms with van der Waals surface area (Å²) in [5, 5.41) is 15.0. The number of aromatic nitrogens is 2. The van der Waals surface area contributed by atoms with Crippen LogP contribution in [0.3, 0.4) is 0 Å². The highest BCUT2D eigenvalue weighted by molar-refractivity contribution is 8.00. The molecule has 1 aromatic heterocycles. The average Bonchev–Trinajstić information content (AvgIpc) is 2.80. The topological polar surface area (TPSA) is 75.7 Å². The molecule has 88 valence electrons. The molecule has 2 rings (SSSR count). The summed E-state index contributed by atoms with van der Waals surface area (Å²) >= 11 is 2.93. The number of nitrogen functional groups attached to an aromatic ring is 1. The molecule has 0 unspecified atom stereocenters. The predicted octanol–water partition coefficient (Wildman–Crippen LogP) is 2.25. The Labute approximate surface area is 106 Å². The first kappa shape index (κ1) is 12.0. The zero-order chi connectivity index (χ0) is 12.3. The van der Waals surface area contributed by atoms with Crippen LogP contribution in [0.15, 0.2) is 28.0 Å². The first-order chi connectivity index (χ1) is 8.16. The van der Waals surface area contributed by atoms with E-state index in [0.717, 1.165) is 9.90 Å². The summed E-state index contributed by atoms with van der Waals surface area (Å²) in [6, 6.07) is 4.28. The van der Waals surface area contributed by atoms with Gasteiger partial charge >= 0.3 is 0 Å². The van der Waals surface area contributed by atoms with Gasteiger partial charge in [-0.05, 0) is 17.7 Å². The summed E-state index contributed by atoms with van der Waals surface area (Å²) in [4.78, 5) is 0. The van der Waals surface area contributed by atoms with Gasteiger partial charge in [0.15, 0.2) is 4.34 Å². The average molecular weight is 268 g/mol. The largest absolute Gasteiger partial charge is 0.384 e. The summed E-state index contributed by atoms with van der Waals surface area (Å²) in [6.45, 7) is 0. The van der Waals surface area contributed by atoms with Crippen molar-refractivity contribution >= 4 is 28.9 Å². The van der Waals surface area contributed by atoms with Gasteiger partial charge in [0.05, 0.1) is 0 Å². The van der Waals surface area contributed by atoms with Crippen LogP contribution in [-0.2, 0) is 5.75 Å². The van der Waals surface area contributed by atoms with E-state index in [1.807, 2.05) is 0 Å². The molecule has 0 radical (unpaired) electrons. The summed E-state index contributed by atoms with van der Waals surface area (Å²) in [5.41, 5.74) is 8.32. The van der Waals surface area contributed by atoms with Crippen LogP contribution in [0.5, 0.6) is 0 Å². The second-order valence-electron chi connectivity index (χ2n) is 3.21. The molecular weight excluding hydrogens is 259 g/mol. The van der Waals surface area contributed by atoms with E-state index in [0.29, 0.717) is 11.3 Å². The Balaban J connectivity index is 2.17. The van der Waals surface area contributed by atoms with Crippen LogP contribution >= 0.6 is 23.1 Å². The molecule has 0 bridgehead atoms. The third-order valence-electron chi connectivity index (χ3n) is 2.05. The number of benzene rings is 1. The molecule has 0 saturated heterocycles. The molecule has 0 saturated carbocycles. The maximum absolute atomic E-state index is 13.0. The molecule has 2 aromatic rings. The zero-order valence-corrected chi connectivity index (χ0v) is 10.3. The molecular formula is C10H9FN4S2. The van der Waals surface area contributed by atoms with Crippen LogP contribution in [-0.4, -0.2) is 16.0 Å². The Kier molecular flexibility index (Phi) is 3.70. The van der Waals surface area contributed by atoms with Crippen molar-refractivity contribution in [2.75, 3.05) is 0 Å². The van der Waals surface area contributed by atoms with Crippen molar-refractivity contribution in [3.63, 3.8) is 0 Å². The number of hydrogen-bond donors (Lipinski definition) is 2. The van der Waals surface area contributed by atoms with Gasteiger partial charge in [0.25, 0.3) is 0 Å². The van der Waals surface area contributed by atoms with Crippen molar-refractivity contribution in [2.24, 2.45) is 5.73 Å². The molecule has 0 fully saturated rings. The van der Waals surface area contributed by atoms with Crippen LogP contribution in [0.25, 0.3) is 0 Å². The minimum Gasteiger partial charge on any atom is -0.384 e. The van der Waals surface area contributed by atoms with Gasteiger partial charge in [-0.2, -0.15) is 0 Å². The fourth-order valence-corrected chi connectivity index (χ4v) is 2.78. The van der Waals surface area contributed by atoms with E-state index in [9.17, 15) is 4.39 Å². The van der Waals surface area contributed by atoms with E-state index >= 15 is 0 Å². The number of rotatable bonds is 4. The standard InChI is InChI=1S/C10H9FN4S2/c11-7-2-1-6(8(3-7)9(12)13)4-16-10-15-14-5-17-10/h1-3,5H,4H2,(H3,12,13). The SMILES string of the molecule is N=C(N)c1cc(F)ccc1CSc1nncs1. The minimum absolute atomic E-state index is 0.127. The summed E-state index contributed by atoms with van der Waals surface area (Å²) in [6.07, 6.45) is 0. The van der Waals surface area contributed by atoms with Crippen molar-refractivity contribution in [1.29, 1.82) is 5.41 Å². The Bertz CT molecular complexity index is 527. The van der Waals surface area contributed by atoms with Gasteiger partial charge in [0.1, 0.15) is 17.2 Å². The van der Waals surface area contributed by atoms with Gasteiger partial charge in [-0.25, -0.2) is 4.39 Å². The highest BCUT2D eigenvalue weighted by Crippen LogP contribution is 2.25. The molecule has 7 heteroatoms. The van der Waals surface area contributed by atoms with Crippen LogP contribution in [0, 0.1) is 11.2 Å². The lowest BCUT2D eigenvalue weighted by molar-refractivity contribution is 0.627. The molecule has 0 atom stereocenters. The van der Waals surface area contributed by atoms with Crippen LogP contribution in [0.4, 0.5) is 4.39 Å². The molecule has 0 aliphatic carbocycles. The van der Waals surface area contributed by atoms with Crippen LogP contribution < -0.4 is 5.73 Å². The number of nitrogens with one attached hydrogen (secondary N) is 1. The summed E-state index contributed by atoms with van der Waals surface area (Å²) in [5.74, 6) is 0.0712. The Hall–Kier alpha value is -1.47. The normalized spacial score (nSPS) is 10.4. The third kappa shape index (κ3) is 3.01. The second-order valence-corrected chi connectivity index (χ2v) is 5.26. The molecule has 0 aliphatic rings. The number of nitrogens with zero attached hydrogens (tertiary/aromatic N) is 2. The van der Waals surface area contributed by atoms with E-state index in [1.165, 1.54) is 35.2 Å². The maximum atomic E-state index is 13.0. The Morgan fingerprint density at radius 1 is 1.53 bits per heavy atom. The highest BCUT2D eigenvalue weighted by atomic mass is 32.2. The molecule has 3 N–H and O–H groups in total. The van der Waals surface area contributed by atoms with Crippen LogP contribution in [0.1, 0.15) is 11.1 Å². The lowest BCUT2D eigenvalue weighted by Crippen LogP contribution is -2.13. The van der Waals surface area contributed by atoms with Crippen LogP contribution in [0.2, 0.25) is 0 Å². The summed E-state index contributed by atoms with van der Waals surface area (Å²) in [7, 11) is 0. The predicted molar refractivity (Wildman–Crippen MR) is 66.9 cm³/mol. The number of hydrogen-bond acceptors (Lipinski definition) is 5. The number of nitrogens with two attached hydrogens (primary N) is 1. The maximum Gasteiger partial charge on any atom is 0.174 e. The lowest BCUT2D eigenvalue weighted by Gasteiger charge is -2.06. The van der Waals surface area contributed by atoms with Crippen molar-refractivity contribution in [3.8, 4) is 0 Å². The highest BCUT2D eigenvalue weighted by Gasteiger charge is 2.08. The lowest BCUT2D eigenvalue weighted by atomic mass is 10.1. The molecule has 0 aliphatic heterocycles. The van der Waals surface area contributed by atoms with E-state index in [2.05, 4.69) is 10.2 Å². The number of amidine groups is 1. The van der Waals surface area contributed by atoms with Gasteiger partial charge in [0.2, 0.25) is 0 Å². The van der Waals surface area contributed by atoms with Gasteiger partial charge in [-0.3, -0.25) is 5.41 Å². The minimum atomic E-state index is -0.389. The van der Waals surface area contributed by atoms with E-state index in [1.54, 1.807) is 11.6 Å². The third-order valence-corrected chi connectivity index (χ3v) is 3.96. The first-order valence-corrected chi connectivity index (χ1v) is 6.55. The van der Waals surface area contributed by atoms with Gasteiger partial charge in [0, 0.05) is 11.3 Å². The van der Waals surface area contributed by atoms with E-state index in [-0.39, 0.29) is 11.7 Å². The zero-order valence-electron chi connectivity index (χ0n) is 8.68. The molecule has 0 amide bonds. The number of halogens is 1. The van der Waals surface area contributed by atoms with Crippen molar-refractivity contribution in [2.45, 2.75) is 10.1 Å². The van der Waals surface area contributed by atoms with Gasteiger partial charge in [-0.1, -0.05) is 29.2 Å². The van der Waals surface area contributed by atoms with Gasteiger partial charge < -0.3 is 5.73 Å². The molecule has 4 nitrogen and oxygen atoms in total. The quantitative estimate of drug-likeness (QED) is 0.506. The first-order valence-electron chi connectivity index (χ1n) is 4.68. The fraction of sp³-hybridized carbons (Fsp3) is 0.100. The molecule has 1 heterocycles. The number of thioether (sulfide) groups is 1. The van der Waals surface area contributed by atoms with Gasteiger partial charge in [-0.15, -0.1) is 10.2 Å². The fourth-order valence-electron chi connectivity index (χ4n) is 1.29. The molecule has 1 aromatic carbocycles. The monoisotopic (exact) mass is 268 g/mol. The smallest absolute Gasteiger partial charge is 0.174 e.